The predicted molar refractivity (Wildman–Crippen MR) is 45.7 cm³/mol. The van der Waals surface area contributed by atoms with Gasteiger partial charge in [-0.15, -0.1) is 0 Å². The molecular weight excluding hydrogens is 208 g/mol. The van der Waals surface area contributed by atoms with Gasteiger partial charge in [-0.1, -0.05) is 0 Å². The van der Waals surface area contributed by atoms with Crippen molar-refractivity contribution in [1.29, 1.82) is 0 Å². The van der Waals surface area contributed by atoms with Crippen molar-refractivity contribution >= 4 is 5.97 Å². The van der Waals surface area contributed by atoms with E-state index in [2.05, 4.69) is 4.74 Å². The summed E-state index contributed by atoms with van der Waals surface area (Å²) in [6.07, 6.45) is -7.01. The van der Waals surface area contributed by atoms with E-state index in [0.29, 0.717) is 0 Å². The van der Waals surface area contributed by atoms with Crippen LogP contribution in [0.5, 0.6) is 0 Å². The molecule has 88 valence electrons. The van der Waals surface area contributed by atoms with Gasteiger partial charge in [0.15, 0.2) is 12.4 Å². The fourth-order valence-electron chi connectivity index (χ4n) is 1.35. The zero-order chi connectivity index (χ0) is 11.6. The van der Waals surface area contributed by atoms with Gasteiger partial charge in [-0.05, 0) is 0 Å². The minimum Gasteiger partial charge on any atom is -0.467 e. The standard InChI is InChI=1S/C8H14O7/c1-13-7(12)6-4(10)3(9)5(11)8(14-2)15-6/h3-6,8-11H,1-2H3/t3-,4+,5+,6+,8+/m1/s1. The summed E-state index contributed by atoms with van der Waals surface area (Å²) < 4.78 is 14.0. The number of hydrogen-bond donors (Lipinski definition) is 3. The number of carbonyl (C=O) groups excluding carboxylic acids is 1. The summed E-state index contributed by atoms with van der Waals surface area (Å²) in [6.45, 7) is 0. The van der Waals surface area contributed by atoms with Crippen LogP contribution < -0.4 is 0 Å². The Kier molecular flexibility index (Phi) is 4.00. The normalized spacial score (nSPS) is 41.3. The largest absolute Gasteiger partial charge is 0.467 e. The molecule has 0 aromatic heterocycles. The number of esters is 1. The van der Waals surface area contributed by atoms with Crippen LogP contribution >= 0.6 is 0 Å². The second kappa shape index (κ2) is 4.86. The number of aliphatic hydroxyl groups is 3. The van der Waals surface area contributed by atoms with Gasteiger partial charge in [0.1, 0.15) is 18.3 Å². The maximum Gasteiger partial charge on any atom is 0.337 e. The highest BCUT2D eigenvalue weighted by Gasteiger charge is 2.47. The van der Waals surface area contributed by atoms with Gasteiger partial charge in [0, 0.05) is 7.11 Å². The number of carbonyl (C=O) groups is 1. The van der Waals surface area contributed by atoms with E-state index in [1.165, 1.54) is 7.11 Å². The van der Waals surface area contributed by atoms with E-state index in [1.807, 2.05) is 0 Å². The highest BCUT2D eigenvalue weighted by molar-refractivity contribution is 5.75. The van der Waals surface area contributed by atoms with Gasteiger partial charge in [0.2, 0.25) is 0 Å². The highest BCUT2D eigenvalue weighted by atomic mass is 16.7. The maximum atomic E-state index is 11.1. The molecular formula is C8H14O7. The lowest BCUT2D eigenvalue weighted by molar-refractivity contribution is -0.288. The lowest BCUT2D eigenvalue weighted by Gasteiger charge is -2.38. The smallest absolute Gasteiger partial charge is 0.337 e. The molecule has 1 heterocycles. The summed E-state index contributed by atoms with van der Waals surface area (Å²) in [5, 5.41) is 28.2. The number of hydrogen-bond acceptors (Lipinski definition) is 7. The van der Waals surface area contributed by atoms with Crippen molar-refractivity contribution in [1.82, 2.24) is 0 Å². The Balaban J connectivity index is 2.78. The molecule has 0 saturated carbocycles. The first-order valence-corrected chi connectivity index (χ1v) is 4.33. The number of ether oxygens (including phenoxy) is 3. The summed E-state index contributed by atoms with van der Waals surface area (Å²) in [6, 6.07) is 0. The lowest BCUT2D eigenvalue weighted by Crippen LogP contribution is -2.60. The topological polar surface area (TPSA) is 105 Å². The first-order valence-electron chi connectivity index (χ1n) is 4.33. The third-order valence-electron chi connectivity index (χ3n) is 2.24. The van der Waals surface area contributed by atoms with Crippen molar-refractivity contribution in [3.63, 3.8) is 0 Å². The summed E-state index contributed by atoms with van der Waals surface area (Å²) in [7, 11) is 2.37. The predicted octanol–water partition coefficient (Wildman–Crippen LogP) is -2.39. The van der Waals surface area contributed by atoms with E-state index in [9.17, 15) is 20.1 Å². The first kappa shape index (κ1) is 12.3. The molecule has 0 aliphatic carbocycles. The number of aliphatic hydroxyl groups excluding tert-OH is 3. The molecule has 0 aromatic rings. The number of rotatable bonds is 2. The van der Waals surface area contributed by atoms with Gasteiger partial charge in [-0.25, -0.2) is 4.79 Å². The Morgan fingerprint density at radius 1 is 1.13 bits per heavy atom. The Labute approximate surface area is 86.2 Å². The second-order valence-electron chi connectivity index (χ2n) is 3.16. The van der Waals surface area contributed by atoms with Crippen LogP contribution in [0, 0.1) is 0 Å². The molecule has 15 heavy (non-hydrogen) atoms. The SMILES string of the molecule is COC(=O)[C@H]1O[C@H](OC)[C@@H](O)[C@H](O)[C@@H]1O. The zero-order valence-corrected chi connectivity index (χ0v) is 8.36. The summed E-state index contributed by atoms with van der Waals surface area (Å²) in [5.41, 5.74) is 0. The second-order valence-corrected chi connectivity index (χ2v) is 3.16. The minimum atomic E-state index is -1.54. The molecule has 0 unspecified atom stereocenters. The molecule has 0 aromatic carbocycles. The molecule has 0 bridgehead atoms. The quantitative estimate of drug-likeness (QED) is 0.448. The third kappa shape index (κ3) is 2.27. The minimum absolute atomic E-state index is 0.837. The monoisotopic (exact) mass is 222 g/mol. The van der Waals surface area contributed by atoms with Crippen LogP contribution in [0.3, 0.4) is 0 Å². The maximum absolute atomic E-state index is 11.1. The van der Waals surface area contributed by atoms with E-state index in [-0.39, 0.29) is 0 Å². The molecule has 7 heteroatoms. The van der Waals surface area contributed by atoms with E-state index >= 15 is 0 Å². The van der Waals surface area contributed by atoms with E-state index in [4.69, 9.17) is 9.47 Å². The third-order valence-corrected chi connectivity index (χ3v) is 2.24. The van der Waals surface area contributed by atoms with Crippen LogP contribution in [0.1, 0.15) is 0 Å². The molecule has 1 aliphatic heterocycles. The molecule has 1 saturated heterocycles. The van der Waals surface area contributed by atoms with E-state index in [0.717, 1.165) is 7.11 Å². The van der Waals surface area contributed by atoms with Gasteiger partial charge < -0.3 is 29.5 Å². The average molecular weight is 222 g/mol. The molecule has 1 rings (SSSR count). The molecule has 0 spiro atoms. The van der Waals surface area contributed by atoms with Gasteiger partial charge in [-0.3, -0.25) is 0 Å². The molecule has 1 aliphatic rings. The van der Waals surface area contributed by atoms with E-state index in [1.54, 1.807) is 0 Å². The van der Waals surface area contributed by atoms with Crippen molar-refractivity contribution in [2.24, 2.45) is 0 Å². The van der Waals surface area contributed by atoms with Crippen molar-refractivity contribution in [3.05, 3.63) is 0 Å². The van der Waals surface area contributed by atoms with Crippen LogP contribution in [0.4, 0.5) is 0 Å². The zero-order valence-electron chi connectivity index (χ0n) is 8.36. The lowest BCUT2D eigenvalue weighted by atomic mass is 9.99. The molecule has 7 nitrogen and oxygen atoms in total. The van der Waals surface area contributed by atoms with Gasteiger partial charge in [-0.2, -0.15) is 0 Å². The van der Waals surface area contributed by atoms with Crippen molar-refractivity contribution in [2.75, 3.05) is 14.2 Å². The summed E-state index contributed by atoms with van der Waals surface area (Å²) in [4.78, 5) is 11.1. The first-order chi connectivity index (χ1) is 7.02. The van der Waals surface area contributed by atoms with Gasteiger partial charge in [0.05, 0.1) is 7.11 Å². The van der Waals surface area contributed by atoms with E-state index < -0.39 is 36.7 Å². The summed E-state index contributed by atoms with van der Waals surface area (Å²) in [5.74, 6) is -0.837. The summed E-state index contributed by atoms with van der Waals surface area (Å²) >= 11 is 0. The van der Waals surface area contributed by atoms with Crippen LogP contribution in [0.15, 0.2) is 0 Å². The number of methoxy groups -OCH3 is 2. The van der Waals surface area contributed by atoms with Crippen LogP contribution in [0.2, 0.25) is 0 Å². The van der Waals surface area contributed by atoms with Crippen molar-refractivity contribution in [2.45, 2.75) is 30.7 Å². The Bertz CT molecular complexity index is 229. The molecule has 1 fully saturated rings. The van der Waals surface area contributed by atoms with Gasteiger partial charge in [0.25, 0.3) is 0 Å². The molecule has 3 N–H and O–H groups in total. The van der Waals surface area contributed by atoms with Crippen LogP contribution in [-0.4, -0.2) is 66.2 Å². The molecule has 5 atom stereocenters. The highest BCUT2D eigenvalue weighted by Crippen LogP contribution is 2.22. The van der Waals surface area contributed by atoms with Gasteiger partial charge >= 0.3 is 5.97 Å². The fraction of sp³-hybridized carbons (Fsp3) is 0.875. The van der Waals surface area contributed by atoms with Crippen molar-refractivity contribution < 1.29 is 34.3 Å². The Morgan fingerprint density at radius 3 is 2.20 bits per heavy atom. The molecule has 0 amide bonds. The fourth-order valence-corrected chi connectivity index (χ4v) is 1.35. The van der Waals surface area contributed by atoms with Crippen LogP contribution in [0.25, 0.3) is 0 Å². The Hall–Kier alpha value is -0.730. The van der Waals surface area contributed by atoms with Crippen LogP contribution in [-0.2, 0) is 19.0 Å². The average Bonchev–Trinajstić information content (AvgIpc) is 2.25. The van der Waals surface area contributed by atoms with Crippen molar-refractivity contribution in [3.8, 4) is 0 Å². The Morgan fingerprint density at radius 2 is 1.73 bits per heavy atom. The molecule has 0 radical (unpaired) electrons.